The molecule has 0 bridgehead atoms. The molecule has 0 saturated carbocycles. The number of fused-ring (bicyclic) bond motifs is 1. The van der Waals surface area contributed by atoms with Gasteiger partial charge >= 0.3 is 0 Å². The molecule has 0 radical (unpaired) electrons. The Bertz CT molecular complexity index is 531. The fraction of sp³-hybridized carbons (Fsp3) is 0.462. The Kier molecular flexibility index (Phi) is 2.61. The van der Waals surface area contributed by atoms with Crippen molar-refractivity contribution in [3.8, 4) is 0 Å². The standard InChI is InChI=1S/C13H18N4/c1-10-15-13(11-5-3-4-7-17(10)11)12-9-14-6-8-16(12)2/h3-5,7,12,14H,6,8-9H2,1-2H3. The number of piperazine rings is 1. The predicted octanol–water partition coefficient (Wildman–Crippen LogP) is 1.22. The van der Waals surface area contributed by atoms with Gasteiger partial charge in [0.25, 0.3) is 0 Å². The molecule has 3 rings (SSSR count). The molecular weight excluding hydrogens is 212 g/mol. The number of nitrogens with one attached hydrogen (secondary N) is 1. The minimum Gasteiger partial charge on any atom is -0.313 e. The lowest BCUT2D eigenvalue weighted by Gasteiger charge is -2.32. The summed E-state index contributed by atoms with van der Waals surface area (Å²) in [6.45, 7) is 5.19. The van der Waals surface area contributed by atoms with Crippen molar-refractivity contribution < 1.29 is 0 Å². The van der Waals surface area contributed by atoms with Gasteiger partial charge in [0.15, 0.2) is 0 Å². The van der Waals surface area contributed by atoms with Gasteiger partial charge in [0.2, 0.25) is 0 Å². The van der Waals surface area contributed by atoms with Crippen molar-refractivity contribution in [3.63, 3.8) is 0 Å². The summed E-state index contributed by atoms with van der Waals surface area (Å²) in [4.78, 5) is 7.13. The van der Waals surface area contributed by atoms with Crippen LogP contribution in [0.2, 0.25) is 0 Å². The van der Waals surface area contributed by atoms with Crippen LogP contribution in [0, 0.1) is 6.92 Å². The van der Waals surface area contributed by atoms with E-state index in [2.05, 4.69) is 46.9 Å². The third-order valence-electron chi connectivity index (χ3n) is 3.58. The van der Waals surface area contributed by atoms with Crippen LogP contribution in [0.4, 0.5) is 0 Å². The Labute approximate surface area is 101 Å². The molecule has 4 heteroatoms. The highest BCUT2D eigenvalue weighted by Crippen LogP contribution is 2.24. The molecule has 1 unspecified atom stereocenters. The van der Waals surface area contributed by atoms with Gasteiger partial charge in [0, 0.05) is 25.8 Å². The largest absolute Gasteiger partial charge is 0.313 e. The van der Waals surface area contributed by atoms with E-state index in [1.807, 2.05) is 6.07 Å². The Balaban J connectivity index is 2.10. The van der Waals surface area contributed by atoms with E-state index in [0.717, 1.165) is 25.5 Å². The summed E-state index contributed by atoms with van der Waals surface area (Å²) in [5, 5.41) is 3.45. The van der Waals surface area contributed by atoms with Crippen LogP contribution in [0.3, 0.4) is 0 Å². The maximum Gasteiger partial charge on any atom is 0.110 e. The average molecular weight is 230 g/mol. The third kappa shape index (κ3) is 1.73. The molecule has 1 atom stereocenters. The number of hydrogen-bond acceptors (Lipinski definition) is 3. The van der Waals surface area contributed by atoms with E-state index in [9.17, 15) is 0 Å². The van der Waals surface area contributed by atoms with Gasteiger partial charge in [-0.05, 0) is 26.1 Å². The van der Waals surface area contributed by atoms with Crippen LogP contribution in [0.25, 0.3) is 5.52 Å². The fourth-order valence-corrected chi connectivity index (χ4v) is 2.58. The minimum absolute atomic E-state index is 0.384. The highest BCUT2D eigenvalue weighted by Gasteiger charge is 2.24. The van der Waals surface area contributed by atoms with E-state index in [1.54, 1.807) is 0 Å². The van der Waals surface area contributed by atoms with E-state index in [1.165, 1.54) is 11.2 Å². The van der Waals surface area contributed by atoms with Crippen molar-refractivity contribution in [2.24, 2.45) is 0 Å². The monoisotopic (exact) mass is 230 g/mol. The normalized spacial score (nSPS) is 22.1. The van der Waals surface area contributed by atoms with Gasteiger partial charge in [-0.25, -0.2) is 4.98 Å². The van der Waals surface area contributed by atoms with Gasteiger partial charge in [0.05, 0.1) is 17.3 Å². The Morgan fingerprint density at radius 1 is 1.41 bits per heavy atom. The van der Waals surface area contributed by atoms with Crippen molar-refractivity contribution >= 4 is 5.52 Å². The lowest BCUT2D eigenvalue weighted by molar-refractivity contribution is 0.200. The van der Waals surface area contributed by atoms with Gasteiger partial charge in [-0.15, -0.1) is 0 Å². The zero-order valence-electron chi connectivity index (χ0n) is 10.3. The SMILES string of the molecule is Cc1nc(C2CNCCN2C)c2ccccn12. The molecular formula is C13H18N4. The summed E-state index contributed by atoms with van der Waals surface area (Å²) in [6, 6.07) is 6.66. The number of pyridine rings is 1. The van der Waals surface area contributed by atoms with Crippen LogP contribution in [0.15, 0.2) is 24.4 Å². The number of nitrogens with zero attached hydrogens (tertiary/aromatic N) is 3. The van der Waals surface area contributed by atoms with Gasteiger partial charge in [-0.2, -0.15) is 0 Å². The summed E-state index contributed by atoms with van der Waals surface area (Å²) in [5.74, 6) is 1.06. The molecule has 1 saturated heterocycles. The van der Waals surface area contributed by atoms with E-state index >= 15 is 0 Å². The Morgan fingerprint density at radius 2 is 2.29 bits per heavy atom. The maximum atomic E-state index is 4.75. The first kappa shape index (κ1) is 10.7. The zero-order valence-corrected chi connectivity index (χ0v) is 10.3. The van der Waals surface area contributed by atoms with E-state index in [-0.39, 0.29) is 0 Å². The van der Waals surface area contributed by atoms with Crippen molar-refractivity contribution in [3.05, 3.63) is 35.9 Å². The van der Waals surface area contributed by atoms with E-state index in [4.69, 9.17) is 4.98 Å². The molecule has 2 aromatic heterocycles. The number of rotatable bonds is 1. The first-order valence-electron chi connectivity index (χ1n) is 6.12. The van der Waals surface area contributed by atoms with Crippen LogP contribution >= 0.6 is 0 Å². The number of aromatic nitrogens is 2. The van der Waals surface area contributed by atoms with Crippen LogP contribution in [-0.2, 0) is 0 Å². The first-order valence-corrected chi connectivity index (χ1v) is 6.12. The van der Waals surface area contributed by atoms with Crippen LogP contribution in [0.5, 0.6) is 0 Å². The molecule has 2 aromatic rings. The van der Waals surface area contributed by atoms with Crippen LogP contribution < -0.4 is 5.32 Å². The molecule has 0 aromatic carbocycles. The van der Waals surface area contributed by atoms with E-state index < -0.39 is 0 Å². The second kappa shape index (κ2) is 4.13. The second-order valence-corrected chi connectivity index (χ2v) is 4.70. The topological polar surface area (TPSA) is 32.6 Å². The van der Waals surface area contributed by atoms with Gasteiger partial charge < -0.3 is 9.72 Å². The number of hydrogen-bond donors (Lipinski definition) is 1. The molecule has 17 heavy (non-hydrogen) atoms. The second-order valence-electron chi connectivity index (χ2n) is 4.70. The van der Waals surface area contributed by atoms with E-state index in [0.29, 0.717) is 6.04 Å². The average Bonchev–Trinajstić information content (AvgIpc) is 2.68. The van der Waals surface area contributed by atoms with Gasteiger partial charge in [-0.3, -0.25) is 4.90 Å². The minimum atomic E-state index is 0.384. The van der Waals surface area contributed by atoms with Gasteiger partial charge in [0.1, 0.15) is 5.82 Å². The Morgan fingerprint density at radius 3 is 3.12 bits per heavy atom. The van der Waals surface area contributed by atoms with Crippen molar-refractivity contribution in [1.29, 1.82) is 0 Å². The number of aryl methyl sites for hydroxylation is 1. The Hall–Kier alpha value is -1.39. The molecule has 0 aliphatic carbocycles. The van der Waals surface area contributed by atoms with Crippen LogP contribution in [0.1, 0.15) is 17.6 Å². The van der Waals surface area contributed by atoms with Crippen molar-refractivity contribution in [2.75, 3.05) is 26.7 Å². The summed E-state index contributed by atoms with van der Waals surface area (Å²) < 4.78 is 2.16. The summed E-state index contributed by atoms with van der Waals surface area (Å²) >= 11 is 0. The maximum absolute atomic E-state index is 4.75. The van der Waals surface area contributed by atoms with Crippen molar-refractivity contribution in [1.82, 2.24) is 19.6 Å². The third-order valence-corrected chi connectivity index (χ3v) is 3.58. The zero-order chi connectivity index (χ0) is 11.8. The number of likely N-dealkylation sites (N-methyl/N-ethyl adjacent to an activating group) is 1. The van der Waals surface area contributed by atoms with Crippen LogP contribution in [-0.4, -0.2) is 41.0 Å². The molecule has 4 nitrogen and oxygen atoms in total. The highest BCUT2D eigenvalue weighted by atomic mass is 15.2. The molecule has 1 aliphatic heterocycles. The fourth-order valence-electron chi connectivity index (χ4n) is 2.58. The quantitative estimate of drug-likeness (QED) is 0.799. The molecule has 1 aliphatic rings. The molecule has 1 fully saturated rings. The smallest absolute Gasteiger partial charge is 0.110 e. The molecule has 3 heterocycles. The van der Waals surface area contributed by atoms with Crippen molar-refractivity contribution in [2.45, 2.75) is 13.0 Å². The number of imidazole rings is 1. The highest BCUT2D eigenvalue weighted by molar-refractivity contribution is 5.54. The lowest BCUT2D eigenvalue weighted by atomic mass is 10.1. The summed E-state index contributed by atoms with van der Waals surface area (Å²) in [7, 11) is 2.18. The molecule has 1 N–H and O–H groups in total. The molecule has 90 valence electrons. The molecule has 0 spiro atoms. The summed E-state index contributed by atoms with van der Waals surface area (Å²) in [5.41, 5.74) is 2.42. The lowest BCUT2D eigenvalue weighted by Crippen LogP contribution is -2.44. The summed E-state index contributed by atoms with van der Waals surface area (Å²) in [6.07, 6.45) is 2.08. The molecule has 0 amide bonds. The first-order chi connectivity index (χ1) is 8.27. The predicted molar refractivity (Wildman–Crippen MR) is 68.2 cm³/mol. The van der Waals surface area contributed by atoms with Gasteiger partial charge in [-0.1, -0.05) is 6.07 Å².